The molecule has 7 nitrogen and oxygen atoms in total. The summed E-state index contributed by atoms with van der Waals surface area (Å²) in [5, 5.41) is 0. The van der Waals surface area contributed by atoms with E-state index < -0.39 is 11.8 Å². The van der Waals surface area contributed by atoms with Crippen LogP contribution >= 0.6 is 0 Å². The SMILES string of the molecule is CCOc1cc(N(CC(N)=O)CC(N)=O)ccc1N. The summed E-state index contributed by atoms with van der Waals surface area (Å²) in [5.74, 6) is -0.633. The number of benzene rings is 1. The van der Waals surface area contributed by atoms with Crippen molar-refractivity contribution in [1.82, 2.24) is 0 Å². The lowest BCUT2D eigenvalue weighted by Gasteiger charge is -2.22. The van der Waals surface area contributed by atoms with Gasteiger partial charge in [0.15, 0.2) is 0 Å². The maximum absolute atomic E-state index is 11.0. The first-order chi connectivity index (χ1) is 8.93. The molecule has 1 aromatic carbocycles. The Bertz CT molecular complexity index is 460. The van der Waals surface area contributed by atoms with E-state index in [4.69, 9.17) is 21.9 Å². The number of ether oxygens (including phenoxy) is 1. The molecule has 0 unspecified atom stereocenters. The molecule has 1 aromatic rings. The summed E-state index contributed by atoms with van der Waals surface area (Å²) in [6.07, 6.45) is 0. The van der Waals surface area contributed by atoms with Crippen LogP contribution in [0.25, 0.3) is 0 Å². The Labute approximate surface area is 111 Å². The molecule has 7 heteroatoms. The molecule has 0 atom stereocenters. The number of primary amides is 2. The van der Waals surface area contributed by atoms with Crippen molar-refractivity contribution in [2.75, 3.05) is 30.3 Å². The molecule has 0 bridgehead atoms. The number of nitrogen functional groups attached to an aromatic ring is 1. The first kappa shape index (κ1) is 14.6. The van der Waals surface area contributed by atoms with Crippen LogP contribution in [0.5, 0.6) is 5.75 Å². The molecule has 0 saturated heterocycles. The molecule has 0 aromatic heterocycles. The number of nitrogens with two attached hydrogens (primary N) is 3. The van der Waals surface area contributed by atoms with Gasteiger partial charge in [-0.05, 0) is 19.1 Å². The second-order valence-electron chi connectivity index (χ2n) is 3.94. The maximum atomic E-state index is 11.0. The van der Waals surface area contributed by atoms with Crippen molar-refractivity contribution in [3.05, 3.63) is 18.2 Å². The number of nitrogens with zero attached hydrogens (tertiary/aromatic N) is 1. The summed E-state index contributed by atoms with van der Waals surface area (Å²) in [4.78, 5) is 23.5. The van der Waals surface area contributed by atoms with Gasteiger partial charge in [0, 0.05) is 11.8 Å². The lowest BCUT2D eigenvalue weighted by atomic mass is 10.2. The normalized spacial score (nSPS) is 9.95. The van der Waals surface area contributed by atoms with E-state index in [0.29, 0.717) is 23.7 Å². The Morgan fingerprint density at radius 2 is 1.79 bits per heavy atom. The number of carbonyl (C=O) groups excluding carboxylic acids is 2. The summed E-state index contributed by atoms with van der Waals surface area (Å²) in [7, 11) is 0. The van der Waals surface area contributed by atoms with E-state index >= 15 is 0 Å². The van der Waals surface area contributed by atoms with Gasteiger partial charge < -0.3 is 26.8 Å². The molecule has 104 valence electrons. The highest BCUT2D eigenvalue weighted by molar-refractivity contribution is 5.85. The van der Waals surface area contributed by atoms with Crippen LogP contribution in [0.2, 0.25) is 0 Å². The monoisotopic (exact) mass is 266 g/mol. The van der Waals surface area contributed by atoms with Crippen molar-refractivity contribution < 1.29 is 14.3 Å². The molecule has 0 heterocycles. The van der Waals surface area contributed by atoms with Gasteiger partial charge in [-0.15, -0.1) is 0 Å². The van der Waals surface area contributed by atoms with Crippen LogP contribution in [0, 0.1) is 0 Å². The molecule has 0 saturated carbocycles. The first-order valence-corrected chi connectivity index (χ1v) is 5.78. The van der Waals surface area contributed by atoms with Gasteiger partial charge in [-0.1, -0.05) is 0 Å². The van der Waals surface area contributed by atoms with Crippen molar-refractivity contribution in [2.24, 2.45) is 11.5 Å². The van der Waals surface area contributed by atoms with Crippen molar-refractivity contribution in [3.63, 3.8) is 0 Å². The number of rotatable bonds is 7. The van der Waals surface area contributed by atoms with E-state index in [-0.39, 0.29) is 13.1 Å². The van der Waals surface area contributed by atoms with E-state index in [1.54, 1.807) is 18.2 Å². The smallest absolute Gasteiger partial charge is 0.236 e. The summed E-state index contributed by atoms with van der Waals surface area (Å²) in [5.41, 5.74) is 17.1. The molecule has 0 aliphatic heterocycles. The minimum Gasteiger partial charge on any atom is -0.492 e. The maximum Gasteiger partial charge on any atom is 0.236 e. The van der Waals surface area contributed by atoms with Gasteiger partial charge in [0.2, 0.25) is 11.8 Å². The third kappa shape index (κ3) is 4.38. The molecule has 0 aliphatic carbocycles. The number of amides is 2. The van der Waals surface area contributed by atoms with E-state index in [9.17, 15) is 9.59 Å². The van der Waals surface area contributed by atoms with E-state index in [2.05, 4.69) is 0 Å². The summed E-state index contributed by atoms with van der Waals surface area (Å²) in [6, 6.07) is 4.95. The highest BCUT2D eigenvalue weighted by atomic mass is 16.5. The average molecular weight is 266 g/mol. The number of hydrogen-bond donors (Lipinski definition) is 3. The second kappa shape index (κ2) is 6.48. The lowest BCUT2D eigenvalue weighted by Crippen LogP contribution is -2.39. The Morgan fingerprint density at radius 3 is 2.26 bits per heavy atom. The highest BCUT2D eigenvalue weighted by Crippen LogP contribution is 2.27. The van der Waals surface area contributed by atoms with Gasteiger partial charge in [-0.3, -0.25) is 9.59 Å². The Hall–Kier alpha value is -2.44. The average Bonchev–Trinajstić information content (AvgIpc) is 2.30. The third-order valence-corrected chi connectivity index (χ3v) is 2.36. The Morgan fingerprint density at radius 1 is 1.21 bits per heavy atom. The molecule has 6 N–H and O–H groups in total. The predicted octanol–water partition coefficient (Wildman–Crippen LogP) is -0.555. The number of anilines is 2. The van der Waals surface area contributed by atoms with E-state index in [1.165, 1.54) is 4.90 Å². The van der Waals surface area contributed by atoms with Gasteiger partial charge in [0.1, 0.15) is 5.75 Å². The van der Waals surface area contributed by atoms with Crippen molar-refractivity contribution >= 4 is 23.2 Å². The van der Waals surface area contributed by atoms with E-state index in [0.717, 1.165) is 0 Å². The van der Waals surface area contributed by atoms with Gasteiger partial charge in [-0.25, -0.2) is 0 Å². The standard InChI is InChI=1S/C12H18N4O3/c1-2-19-10-5-8(3-4-9(10)13)16(6-11(14)17)7-12(15)18/h3-5H,2,6-7,13H2,1H3,(H2,14,17)(H2,15,18). The fraction of sp³-hybridized carbons (Fsp3) is 0.333. The van der Waals surface area contributed by atoms with Crippen LogP contribution in [0.3, 0.4) is 0 Å². The molecule has 19 heavy (non-hydrogen) atoms. The third-order valence-electron chi connectivity index (χ3n) is 2.36. The molecule has 0 spiro atoms. The lowest BCUT2D eigenvalue weighted by molar-refractivity contribution is -0.117. The van der Waals surface area contributed by atoms with Crippen LogP contribution < -0.4 is 26.8 Å². The fourth-order valence-corrected chi connectivity index (χ4v) is 1.61. The molecule has 0 fully saturated rings. The minimum absolute atomic E-state index is 0.113. The Kier molecular flexibility index (Phi) is 4.99. The van der Waals surface area contributed by atoms with Crippen LogP contribution in [0.1, 0.15) is 6.92 Å². The molecular formula is C12H18N4O3. The summed E-state index contributed by atoms with van der Waals surface area (Å²) < 4.78 is 5.35. The van der Waals surface area contributed by atoms with Gasteiger partial charge in [-0.2, -0.15) is 0 Å². The predicted molar refractivity (Wildman–Crippen MR) is 72.6 cm³/mol. The molecule has 2 amide bonds. The zero-order chi connectivity index (χ0) is 14.4. The van der Waals surface area contributed by atoms with Crippen molar-refractivity contribution in [1.29, 1.82) is 0 Å². The number of carbonyl (C=O) groups is 2. The minimum atomic E-state index is -0.559. The van der Waals surface area contributed by atoms with Crippen LogP contribution in [0.4, 0.5) is 11.4 Å². The van der Waals surface area contributed by atoms with Crippen LogP contribution in [0.15, 0.2) is 18.2 Å². The van der Waals surface area contributed by atoms with Crippen molar-refractivity contribution in [3.8, 4) is 5.75 Å². The molecular weight excluding hydrogens is 248 g/mol. The van der Waals surface area contributed by atoms with Gasteiger partial charge in [0.25, 0.3) is 0 Å². The second-order valence-corrected chi connectivity index (χ2v) is 3.94. The summed E-state index contributed by atoms with van der Waals surface area (Å²) >= 11 is 0. The quantitative estimate of drug-likeness (QED) is 0.571. The van der Waals surface area contributed by atoms with Crippen LogP contribution in [-0.4, -0.2) is 31.5 Å². The van der Waals surface area contributed by atoms with Gasteiger partial charge >= 0.3 is 0 Å². The molecule has 0 radical (unpaired) electrons. The number of hydrogen-bond acceptors (Lipinski definition) is 5. The fourth-order valence-electron chi connectivity index (χ4n) is 1.61. The van der Waals surface area contributed by atoms with Crippen LogP contribution in [-0.2, 0) is 9.59 Å². The molecule has 1 rings (SSSR count). The zero-order valence-electron chi connectivity index (χ0n) is 10.8. The first-order valence-electron chi connectivity index (χ1n) is 5.78. The van der Waals surface area contributed by atoms with Gasteiger partial charge in [0.05, 0.1) is 25.4 Å². The topological polar surface area (TPSA) is 125 Å². The molecule has 0 aliphatic rings. The van der Waals surface area contributed by atoms with E-state index in [1.807, 2.05) is 6.92 Å². The van der Waals surface area contributed by atoms with Crippen molar-refractivity contribution in [2.45, 2.75) is 6.92 Å². The summed E-state index contributed by atoms with van der Waals surface area (Å²) in [6.45, 7) is 2.06. The zero-order valence-corrected chi connectivity index (χ0v) is 10.8. The Balaban J connectivity index is 3.03. The largest absolute Gasteiger partial charge is 0.492 e. The highest BCUT2D eigenvalue weighted by Gasteiger charge is 2.14.